The fraction of sp³-hybridized carbons (Fsp3) is 0.760. The number of unbranched alkanes of at least 4 members (excludes halogenated alkanes) is 12. The van der Waals surface area contributed by atoms with Gasteiger partial charge in [0.05, 0.1) is 0 Å². The highest BCUT2D eigenvalue weighted by atomic mass is 14.1. The van der Waals surface area contributed by atoms with Gasteiger partial charge in [-0.15, -0.1) is 0 Å². The molecular weight excluding hydrogens is 311 g/mol. The number of hydrogen-bond donors (Lipinski definition) is 0. The van der Waals surface area contributed by atoms with Crippen LogP contribution < -0.4 is 0 Å². The van der Waals surface area contributed by atoms with Crippen LogP contribution in [-0.4, -0.2) is 6.71 Å². The van der Waals surface area contributed by atoms with Crippen LogP contribution in [0.3, 0.4) is 0 Å². The van der Waals surface area contributed by atoms with Crippen molar-refractivity contribution >= 4 is 6.71 Å². The summed E-state index contributed by atoms with van der Waals surface area (Å²) in [6.07, 6.45) is 21.5. The zero-order valence-corrected chi connectivity index (χ0v) is 18.1. The van der Waals surface area contributed by atoms with Gasteiger partial charge in [0.2, 0.25) is 0 Å². The van der Waals surface area contributed by atoms with E-state index >= 15 is 0 Å². The van der Waals surface area contributed by atoms with Gasteiger partial charge in [-0.05, 0) is 12.0 Å². The Balaban J connectivity index is 1.95. The molecule has 0 heterocycles. The molecule has 0 spiro atoms. The predicted molar refractivity (Wildman–Crippen MR) is 122 cm³/mol. The molecule has 1 unspecified atom stereocenters. The minimum atomic E-state index is 0.799. The molecule has 1 heteroatoms. The molecule has 0 saturated carbocycles. The van der Waals surface area contributed by atoms with Crippen molar-refractivity contribution in [1.82, 2.24) is 0 Å². The molecule has 0 aliphatic rings. The van der Waals surface area contributed by atoms with Crippen molar-refractivity contribution in [3.8, 4) is 0 Å². The van der Waals surface area contributed by atoms with E-state index in [1.807, 2.05) is 0 Å². The van der Waals surface area contributed by atoms with Crippen LogP contribution in [0.2, 0.25) is 19.5 Å². The summed E-state index contributed by atoms with van der Waals surface area (Å²) in [6.45, 7) is 7.89. The quantitative estimate of drug-likeness (QED) is 0.193. The molecule has 0 nitrogen and oxygen atoms in total. The Hall–Kier alpha value is -0.715. The van der Waals surface area contributed by atoms with Gasteiger partial charge >= 0.3 is 0 Å². The zero-order valence-electron chi connectivity index (χ0n) is 18.1. The predicted octanol–water partition coefficient (Wildman–Crippen LogP) is 8.84. The lowest BCUT2D eigenvalue weighted by atomic mass is 9.43. The average Bonchev–Trinajstić information content (AvgIpc) is 2.65. The Morgan fingerprint density at radius 1 is 0.654 bits per heavy atom. The summed E-state index contributed by atoms with van der Waals surface area (Å²) in [5.74, 6) is 0.852. The Labute approximate surface area is 165 Å². The second kappa shape index (κ2) is 16.5. The largest absolute Gasteiger partial charge is 0.137 e. The average molecular weight is 356 g/mol. The lowest BCUT2D eigenvalue weighted by molar-refractivity contribution is 0.531. The van der Waals surface area contributed by atoms with E-state index in [9.17, 15) is 0 Å². The summed E-state index contributed by atoms with van der Waals surface area (Å²) in [4.78, 5) is 0. The number of rotatable bonds is 17. The van der Waals surface area contributed by atoms with E-state index in [-0.39, 0.29) is 0 Å². The lowest BCUT2D eigenvalue weighted by Gasteiger charge is -2.19. The third-order valence-electron chi connectivity index (χ3n) is 5.96. The van der Waals surface area contributed by atoms with E-state index in [0.29, 0.717) is 0 Å². The topological polar surface area (TPSA) is 0 Å². The van der Waals surface area contributed by atoms with Crippen LogP contribution in [0.5, 0.6) is 0 Å². The molecule has 26 heavy (non-hydrogen) atoms. The zero-order chi connectivity index (χ0) is 18.9. The van der Waals surface area contributed by atoms with Gasteiger partial charge < -0.3 is 0 Å². The number of hydrogen-bond acceptors (Lipinski definition) is 0. The van der Waals surface area contributed by atoms with Gasteiger partial charge in [-0.3, -0.25) is 0 Å². The number of benzene rings is 1. The van der Waals surface area contributed by atoms with Crippen LogP contribution in [0.15, 0.2) is 30.3 Å². The Morgan fingerprint density at radius 2 is 1.12 bits per heavy atom. The molecule has 0 fully saturated rings. The van der Waals surface area contributed by atoms with Gasteiger partial charge in [-0.2, -0.15) is 0 Å². The standard InChI is InChI=1S/C25H45B/c1-4-5-6-7-8-9-10-11-12-13-14-15-19-22-25(26(2)3)23-24-20-17-16-18-21-24/h16-18,20-21,25H,4-15,19,22-23H2,1-3H3. The summed E-state index contributed by atoms with van der Waals surface area (Å²) in [7, 11) is 0. The smallest absolute Gasteiger partial charge is 0.0861 e. The fourth-order valence-electron chi connectivity index (χ4n) is 4.01. The molecule has 1 atom stereocenters. The van der Waals surface area contributed by atoms with E-state index in [4.69, 9.17) is 0 Å². The molecule has 1 rings (SSSR count). The first kappa shape index (κ1) is 23.3. The normalized spacial score (nSPS) is 12.3. The molecular formula is C25H45B. The van der Waals surface area contributed by atoms with Crippen molar-refractivity contribution in [1.29, 1.82) is 0 Å². The first-order valence-electron chi connectivity index (χ1n) is 11.8. The highest BCUT2D eigenvalue weighted by Gasteiger charge is 2.16. The van der Waals surface area contributed by atoms with E-state index in [1.54, 1.807) is 0 Å². The monoisotopic (exact) mass is 356 g/mol. The summed E-state index contributed by atoms with van der Waals surface area (Å²) >= 11 is 0. The van der Waals surface area contributed by atoms with Crippen molar-refractivity contribution < 1.29 is 0 Å². The maximum atomic E-state index is 2.40. The highest BCUT2D eigenvalue weighted by molar-refractivity contribution is 6.57. The molecule has 0 aromatic heterocycles. The molecule has 0 bridgehead atoms. The molecule has 0 aliphatic heterocycles. The molecule has 0 aliphatic carbocycles. The van der Waals surface area contributed by atoms with Crippen LogP contribution in [0.25, 0.3) is 0 Å². The summed E-state index contributed by atoms with van der Waals surface area (Å²) in [5, 5.41) is 0. The van der Waals surface area contributed by atoms with Gasteiger partial charge in [-0.1, -0.05) is 147 Å². The Kier molecular flexibility index (Phi) is 14.8. The van der Waals surface area contributed by atoms with Crippen molar-refractivity contribution in [2.24, 2.45) is 0 Å². The Bertz CT molecular complexity index is 398. The molecule has 0 radical (unpaired) electrons. The maximum Gasteiger partial charge on any atom is 0.137 e. The van der Waals surface area contributed by atoms with E-state index < -0.39 is 0 Å². The molecule has 1 aromatic rings. The van der Waals surface area contributed by atoms with Gasteiger partial charge in [0.1, 0.15) is 6.71 Å². The van der Waals surface area contributed by atoms with Gasteiger partial charge in [0.15, 0.2) is 0 Å². The summed E-state index contributed by atoms with van der Waals surface area (Å²) < 4.78 is 0. The van der Waals surface area contributed by atoms with E-state index in [2.05, 4.69) is 50.9 Å². The van der Waals surface area contributed by atoms with Crippen LogP contribution >= 0.6 is 0 Å². The third kappa shape index (κ3) is 12.6. The first-order valence-corrected chi connectivity index (χ1v) is 11.8. The molecule has 0 saturated heterocycles. The minimum Gasteiger partial charge on any atom is -0.0861 e. The minimum absolute atomic E-state index is 0.799. The second-order valence-corrected chi connectivity index (χ2v) is 8.73. The lowest BCUT2D eigenvalue weighted by Crippen LogP contribution is -2.14. The third-order valence-corrected chi connectivity index (χ3v) is 5.96. The van der Waals surface area contributed by atoms with Crippen LogP contribution in [0, 0.1) is 0 Å². The van der Waals surface area contributed by atoms with Gasteiger partial charge in [-0.25, -0.2) is 0 Å². The van der Waals surface area contributed by atoms with Crippen LogP contribution in [0.1, 0.15) is 102 Å². The first-order chi connectivity index (χ1) is 12.7. The Morgan fingerprint density at radius 3 is 1.58 bits per heavy atom. The molecule has 148 valence electrons. The van der Waals surface area contributed by atoms with Crippen molar-refractivity contribution in [2.45, 2.75) is 123 Å². The summed E-state index contributed by atoms with van der Waals surface area (Å²) in [6, 6.07) is 11.1. The molecule has 1 aromatic carbocycles. The van der Waals surface area contributed by atoms with Gasteiger partial charge in [0.25, 0.3) is 0 Å². The molecule has 0 N–H and O–H groups in total. The van der Waals surface area contributed by atoms with E-state index in [0.717, 1.165) is 12.5 Å². The SMILES string of the molecule is CCCCCCCCCCCCCCCC(Cc1ccccc1)B(C)C. The maximum absolute atomic E-state index is 2.40. The van der Waals surface area contributed by atoms with Gasteiger partial charge in [0, 0.05) is 0 Å². The van der Waals surface area contributed by atoms with Crippen LogP contribution in [-0.2, 0) is 6.42 Å². The van der Waals surface area contributed by atoms with E-state index in [1.165, 1.54) is 102 Å². The highest BCUT2D eigenvalue weighted by Crippen LogP contribution is 2.25. The van der Waals surface area contributed by atoms with Crippen molar-refractivity contribution in [3.63, 3.8) is 0 Å². The fourth-order valence-corrected chi connectivity index (χ4v) is 4.01. The summed E-state index contributed by atoms with van der Waals surface area (Å²) in [5.41, 5.74) is 1.51. The second-order valence-electron chi connectivity index (χ2n) is 8.73. The van der Waals surface area contributed by atoms with Crippen LogP contribution in [0.4, 0.5) is 0 Å². The molecule has 0 amide bonds. The van der Waals surface area contributed by atoms with Crippen molar-refractivity contribution in [3.05, 3.63) is 35.9 Å². The van der Waals surface area contributed by atoms with Crippen molar-refractivity contribution in [2.75, 3.05) is 0 Å².